The highest BCUT2D eigenvalue weighted by atomic mass is 35.5. The van der Waals surface area contributed by atoms with Gasteiger partial charge in [0, 0.05) is 4.88 Å². The number of rotatable bonds is 2. The Morgan fingerprint density at radius 2 is 2.17 bits per heavy atom. The SMILES string of the molecule is O=c1c2c3c(sc2ncn1N=Cc1ccc(O)c(Cl)c1)CCCC3. The molecule has 1 aromatic carbocycles. The summed E-state index contributed by atoms with van der Waals surface area (Å²) in [5, 5.41) is 14.6. The lowest BCUT2D eigenvalue weighted by Crippen LogP contribution is -2.18. The summed E-state index contributed by atoms with van der Waals surface area (Å²) in [7, 11) is 0. The summed E-state index contributed by atoms with van der Waals surface area (Å²) in [6.45, 7) is 0. The predicted molar refractivity (Wildman–Crippen MR) is 96.6 cm³/mol. The first-order valence-corrected chi connectivity index (χ1v) is 8.88. The van der Waals surface area contributed by atoms with Crippen LogP contribution in [0.15, 0.2) is 34.4 Å². The average molecular weight is 360 g/mol. The number of hydrogen-bond acceptors (Lipinski definition) is 5. The molecular formula is C17H14ClN3O2S. The maximum Gasteiger partial charge on any atom is 0.282 e. The molecule has 24 heavy (non-hydrogen) atoms. The van der Waals surface area contributed by atoms with E-state index in [1.165, 1.54) is 34.6 Å². The number of aromatic hydroxyl groups is 1. The molecule has 1 N–H and O–H groups in total. The third kappa shape index (κ3) is 2.61. The minimum absolute atomic E-state index is 0.0129. The minimum Gasteiger partial charge on any atom is -0.506 e. The number of benzene rings is 1. The van der Waals surface area contributed by atoms with E-state index in [4.69, 9.17) is 11.6 Å². The topological polar surface area (TPSA) is 67.5 Å². The molecule has 0 bridgehead atoms. The lowest BCUT2D eigenvalue weighted by atomic mass is 9.97. The molecule has 0 spiro atoms. The van der Waals surface area contributed by atoms with Crippen molar-refractivity contribution in [1.29, 1.82) is 0 Å². The van der Waals surface area contributed by atoms with E-state index in [2.05, 4.69) is 10.1 Å². The Hall–Kier alpha value is -2.18. The van der Waals surface area contributed by atoms with Crippen LogP contribution < -0.4 is 5.56 Å². The van der Waals surface area contributed by atoms with Gasteiger partial charge in [-0.15, -0.1) is 11.3 Å². The Morgan fingerprint density at radius 3 is 3.00 bits per heavy atom. The van der Waals surface area contributed by atoms with Crippen LogP contribution in [-0.4, -0.2) is 21.0 Å². The van der Waals surface area contributed by atoms with Crippen LogP contribution in [0, 0.1) is 0 Å². The lowest BCUT2D eigenvalue weighted by molar-refractivity contribution is 0.475. The van der Waals surface area contributed by atoms with Gasteiger partial charge in [-0.2, -0.15) is 9.78 Å². The smallest absolute Gasteiger partial charge is 0.282 e. The monoisotopic (exact) mass is 359 g/mol. The first-order chi connectivity index (χ1) is 11.6. The van der Waals surface area contributed by atoms with Crippen LogP contribution in [0.1, 0.15) is 28.8 Å². The largest absolute Gasteiger partial charge is 0.506 e. The van der Waals surface area contributed by atoms with Gasteiger partial charge in [-0.1, -0.05) is 11.6 Å². The van der Waals surface area contributed by atoms with Gasteiger partial charge in [-0.05, 0) is 55.0 Å². The second-order valence-corrected chi connectivity index (χ2v) is 7.23. The third-order valence-electron chi connectivity index (χ3n) is 4.16. The highest BCUT2D eigenvalue weighted by Crippen LogP contribution is 2.33. The van der Waals surface area contributed by atoms with Crippen LogP contribution in [0.25, 0.3) is 10.2 Å². The van der Waals surface area contributed by atoms with Crippen molar-refractivity contribution in [3.05, 3.63) is 55.9 Å². The first-order valence-electron chi connectivity index (χ1n) is 7.68. The van der Waals surface area contributed by atoms with Crippen molar-refractivity contribution in [2.24, 2.45) is 5.10 Å². The molecule has 5 nitrogen and oxygen atoms in total. The van der Waals surface area contributed by atoms with Gasteiger partial charge < -0.3 is 5.11 Å². The second-order valence-electron chi connectivity index (χ2n) is 5.74. The van der Waals surface area contributed by atoms with E-state index < -0.39 is 0 Å². The van der Waals surface area contributed by atoms with Crippen LogP contribution in [0.2, 0.25) is 5.02 Å². The van der Waals surface area contributed by atoms with Gasteiger partial charge in [-0.3, -0.25) is 4.79 Å². The Kier molecular flexibility index (Phi) is 3.86. The number of nitrogens with zero attached hydrogens (tertiary/aromatic N) is 3. The van der Waals surface area contributed by atoms with Crippen LogP contribution in [-0.2, 0) is 12.8 Å². The molecule has 0 unspecified atom stereocenters. The molecule has 0 saturated heterocycles. The lowest BCUT2D eigenvalue weighted by Gasteiger charge is -2.09. The van der Waals surface area contributed by atoms with Gasteiger partial charge in [-0.25, -0.2) is 4.98 Å². The van der Waals surface area contributed by atoms with Crippen molar-refractivity contribution >= 4 is 39.4 Å². The van der Waals surface area contributed by atoms with E-state index in [1.807, 2.05) is 0 Å². The zero-order chi connectivity index (χ0) is 16.7. The van der Waals surface area contributed by atoms with Crippen LogP contribution in [0.3, 0.4) is 0 Å². The van der Waals surface area contributed by atoms with Crippen molar-refractivity contribution in [2.75, 3.05) is 0 Å². The van der Waals surface area contributed by atoms with Crippen LogP contribution in [0.5, 0.6) is 5.75 Å². The Labute approximate surface area is 146 Å². The summed E-state index contributed by atoms with van der Waals surface area (Å²) in [6, 6.07) is 4.75. The molecule has 0 fully saturated rings. The van der Waals surface area contributed by atoms with E-state index >= 15 is 0 Å². The highest BCUT2D eigenvalue weighted by Gasteiger charge is 2.19. The molecule has 1 aliphatic rings. The fourth-order valence-electron chi connectivity index (χ4n) is 2.95. The molecule has 2 heterocycles. The molecule has 122 valence electrons. The number of thiophene rings is 1. The molecule has 2 aromatic heterocycles. The zero-order valence-electron chi connectivity index (χ0n) is 12.7. The van der Waals surface area contributed by atoms with Gasteiger partial charge in [0.15, 0.2) is 0 Å². The molecule has 0 atom stereocenters. The standard InChI is InChI=1S/C17H14ClN3O2S/c18-12-7-10(5-6-13(12)22)8-20-21-9-19-16-15(17(21)23)11-3-1-2-4-14(11)24-16/h5-9,22H,1-4H2. The van der Waals surface area contributed by atoms with E-state index in [0.29, 0.717) is 10.9 Å². The number of phenolic OH excluding ortho intramolecular Hbond substituents is 1. The molecule has 0 saturated carbocycles. The third-order valence-corrected chi connectivity index (χ3v) is 5.66. The molecule has 0 radical (unpaired) electrons. The Balaban J connectivity index is 1.77. The number of halogens is 1. The summed E-state index contributed by atoms with van der Waals surface area (Å²) < 4.78 is 1.25. The number of hydrogen-bond donors (Lipinski definition) is 1. The van der Waals surface area contributed by atoms with E-state index in [1.54, 1.807) is 23.5 Å². The maximum atomic E-state index is 12.8. The zero-order valence-corrected chi connectivity index (χ0v) is 14.3. The first kappa shape index (κ1) is 15.4. The average Bonchev–Trinajstić information content (AvgIpc) is 2.96. The molecule has 1 aliphatic carbocycles. The van der Waals surface area contributed by atoms with Crippen molar-refractivity contribution in [2.45, 2.75) is 25.7 Å². The summed E-state index contributed by atoms with van der Waals surface area (Å²) in [5.74, 6) is 0.0129. The number of phenols is 1. The second kappa shape index (κ2) is 6.03. The molecular weight excluding hydrogens is 346 g/mol. The van der Waals surface area contributed by atoms with Gasteiger partial charge in [0.25, 0.3) is 5.56 Å². The summed E-state index contributed by atoms with van der Waals surface area (Å²) in [6.07, 6.45) is 7.24. The van der Waals surface area contributed by atoms with E-state index in [0.717, 1.165) is 29.7 Å². The quantitative estimate of drug-likeness (QED) is 0.711. The van der Waals surface area contributed by atoms with Crippen molar-refractivity contribution in [3.8, 4) is 5.75 Å². The van der Waals surface area contributed by atoms with Crippen molar-refractivity contribution < 1.29 is 5.11 Å². The number of aromatic nitrogens is 2. The number of fused-ring (bicyclic) bond motifs is 3. The van der Waals surface area contributed by atoms with E-state index in [-0.39, 0.29) is 16.3 Å². The van der Waals surface area contributed by atoms with Gasteiger partial charge >= 0.3 is 0 Å². The Morgan fingerprint density at radius 1 is 1.33 bits per heavy atom. The fourth-order valence-corrected chi connectivity index (χ4v) is 4.36. The molecule has 4 rings (SSSR count). The highest BCUT2D eigenvalue weighted by molar-refractivity contribution is 7.18. The Bertz CT molecular complexity index is 1020. The van der Waals surface area contributed by atoms with Crippen molar-refractivity contribution in [3.63, 3.8) is 0 Å². The van der Waals surface area contributed by atoms with Gasteiger partial charge in [0.05, 0.1) is 16.6 Å². The summed E-state index contributed by atoms with van der Waals surface area (Å²) in [5.41, 5.74) is 1.70. The summed E-state index contributed by atoms with van der Waals surface area (Å²) >= 11 is 7.50. The molecule has 3 aromatic rings. The van der Waals surface area contributed by atoms with Gasteiger partial charge in [0.2, 0.25) is 0 Å². The maximum absolute atomic E-state index is 12.8. The van der Waals surface area contributed by atoms with Crippen molar-refractivity contribution in [1.82, 2.24) is 9.66 Å². The fraction of sp³-hybridized carbons (Fsp3) is 0.235. The normalized spacial score (nSPS) is 14.4. The minimum atomic E-state index is -0.138. The summed E-state index contributed by atoms with van der Waals surface area (Å²) in [4.78, 5) is 19.2. The molecule has 0 amide bonds. The van der Waals surface area contributed by atoms with E-state index in [9.17, 15) is 9.90 Å². The van der Waals surface area contributed by atoms with Crippen LogP contribution >= 0.6 is 22.9 Å². The molecule has 7 heteroatoms. The van der Waals surface area contributed by atoms with Gasteiger partial charge in [0.1, 0.15) is 16.9 Å². The predicted octanol–water partition coefficient (Wildman–Crippen LogP) is 3.58. The number of aryl methyl sites for hydroxylation is 2. The molecule has 0 aliphatic heterocycles. The van der Waals surface area contributed by atoms with Crippen LogP contribution in [0.4, 0.5) is 0 Å².